The summed E-state index contributed by atoms with van der Waals surface area (Å²) in [5.74, 6) is 1.91. The van der Waals surface area contributed by atoms with E-state index >= 15 is 0 Å². The molecular weight excluding hydrogens is 376 g/mol. The zero-order valence-corrected chi connectivity index (χ0v) is 15.7. The molecule has 0 spiro atoms. The fourth-order valence-electron chi connectivity index (χ4n) is 3.91. The Morgan fingerprint density at radius 3 is 2.69 bits per heavy atom. The lowest BCUT2D eigenvalue weighted by Gasteiger charge is -2.23. The first-order valence-electron chi connectivity index (χ1n) is 9.73. The van der Waals surface area contributed by atoms with Gasteiger partial charge in [0.15, 0.2) is 11.5 Å². The molecule has 3 aromatic rings. The Morgan fingerprint density at radius 2 is 1.83 bits per heavy atom. The van der Waals surface area contributed by atoms with Crippen molar-refractivity contribution >= 4 is 0 Å². The second-order valence-electron chi connectivity index (χ2n) is 7.32. The van der Waals surface area contributed by atoms with Crippen LogP contribution in [0.2, 0.25) is 0 Å². The smallest absolute Gasteiger partial charge is 0.316 e. The Labute approximate surface area is 165 Å². The zero-order valence-electron chi connectivity index (χ0n) is 15.7. The lowest BCUT2D eigenvalue weighted by molar-refractivity contribution is 0.174. The summed E-state index contributed by atoms with van der Waals surface area (Å²) in [6, 6.07) is 5.47. The Morgan fingerprint density at radius 1 is 1.00 bits per heavy atom. The van der Waals surface area contributed by atoms with Crippen molar-refractivity contribution in [2.24, 2.45) is 0 Å². The van der Waals surface area contributed by atoms with Crippen molar-refractivity contribution in [2.75, 3.05) is 6.79 Å². The van der Waals surface area contributed by atoms with Crippen LogP contribution in [0.1, 0.15) is 44.0 Å². The number of hydrogen-bond donors (Lipinski definition) is 0. The maximum Gasteiger partial charge on any atom is 0.316 e. The van der Waals surface area contributed by atoms with Gasteiger partial charge in [0.2, 0.25) is 18.5 Å². The van der Waals surface area contributed by atoms with E-state index in [2.05, 4.69) is 10.1 Å². The van der Waals surface area contributed by atoms with Crippen LogP contribution in [-0.2, 0) is 6.54 Å². The van der Waals surface area contributed by atoms with Gasteiger partial charge < -0.3 is 18.6 Å². The van der Waals surface area contributed by atoms with Crippen LogP contribution in [0.3, 0.4) is 0 Å². The van der Waals surface area contributed by atoms with E-state index in [1.54, 1.807) is 35.2 Å². The van der Waals surface area contributed by atoms with Crippen molar-refractivity contribution in [1.82, 2.24) is 19.3 Å². The molecule has 0 atom stereocenters. The normalized spacial score (nSPS) is 16.3. The number of ether oxygens (including phenoxy) is 2. The monoisotopic (exact) mass is 396 g/mol. The van der Waals surface area contributed by atoms with Crippen LogP contribution in [0.15, 0.2) is 44.7 Å². The number of hydrogen-bond acceptors (Lipinski definition) is 7. The molecule has 1 aliphatic heterocycles. The molecule has 3 heterocycles. The van der Waals surface area contributed by atoms with E-state index in [9.17, 15) is 9.59 Å². The van der Waals surface area contributed by atoms with Gasteiger partial charge in [0.1, 0.15) is 6.54 Å². The van der Waals surface area contributed by atoms with Gasteiger partial charge in [0.25, 0.3) is 0 Å². The first-order chi connectivity index (χ1) is 14.2. The highest BCUT2D eigenvalue weighted by Crippen LogP contribution is 2.35. The van der Waals surface area contributed by atoms with Gasteiger partial charge in [-0.3, -0.25) is 14.2 Å². The number of rotatable bonds is 4. The van der Waals surface area contributed by atoms with Gasteiger partial charge in [-0.2, -0.15) is 4.98 Å². The molecule has 150 valence electrons. The van der Waals surface area contributed by atoms with Crippen LogP contribution < -0.4 is 20.6 Å². The van der Waals surface area contributed by atoms with E-state index in [4.69, 9.17) is 14.0 Å². The van der Waals surface area contributed by atoms with Gasteiger partial charge in [-0.15, -0.1) is 0 Å². The second kappa shape index (κ2) is 7.23. The average Bonchev–Trinajstić information content (AvgIpc) is 3.41. The third-order valence-electron chi connectivity index (χ3n) is 5.46. The number of aromatic nitrogens is 4. The van der Waals surface area contributed by atoms with Crippen LogP contribution in [0, 0.1) is 0 Å². The summed E-state index contributed by atoms with van der Waals surface area (Å²) in [6.45, 7) is 0.225. The summed E-state index contributed by atoms with van der Waals surface area (Å²) in [7, 11) is 0. The standard InChI is InChI=1S/C20H20N4O5/c25-19-20(26)24(14-4-2-1-3-5-14)9-8-23(19)11-17-21-18(22-29-17)13-6-7-15-16(10-13)28-12-27-15/h6-10,14H,1-5,11-12H2. The molecule has 0 N–H and O–H groups in total. The average molecular weight is 396 g/mol. The molecule has 29 heavy (non-hydrogen) atoms. The van der Waals surface area contributed by atoms with Crippen molar-refractivity contribution in [1.29, 1.82) is 0 Å². The fraction of sp³-hybridized carbons (Fsp3) is 0.400. The van der Waals surface area contributed by atoms with Crippen LogP contribution >= 0.6 is 0 Å². The molecule has 1 fully saturated rings. The van der Waals surface area contributed by atoms with Crippen molar-refractivity contribution in [2.45, 2.75) is 44.7 Å². The predicted molar refractivity (Wildman–Crippen MR) is 102 cm³/mol. The molecule has 2 aliphatic rings. The van der Waals surface area contributed by atoms with Crippen LogP contribution in [0.5, 0.6) is 11.5 Å². The summed E-state index contributed by atoms with van der Waals surface area (Å²) >= 11 is 0. The van der Waals surface area contributed by atoms with Crippen molar-refractivity contribution in [3.8, 4) is 22.9 Å². The maximum atomic E-state index is 12.6. The number of benzene rings is 1. The summed E-state index contributed by atoms with van der Waals surface area (Å²) in [5, 5.41) is 3.97. The van der Waals surface area contributed by atoms with Crippen molar-refractivity contribution < 1.29 is 14.0 Å². The van der Waals surface area contributed by atoms with Crippen molar-refractivity contribution in [3.05, 3.63) is 57.2 Å². The van der Waals surface area contributed by atoms with E-state index in [0.29, 0.717) is 22.9 Å². The van der Waals surface area contributed by atoms with Gasteiger partial charge in [0, 0.05) is 24.0 Å². The van der Waals surface area contributed by atoms with Crippen molar-refractivity contribution in [3.63, 3.8) is 0 Å². The lowest BCUT2D eigenvalue weighted by atomic mass is 9.95. The minimum absolute atomic E-state index is 0.0388. The molecule has 1 saturated carbocycles. The molecular formula is C20H20N4O5. The molecule has 0 saturated heterocycles. The lowest BCUT2D eigenvalue weighted by Crippen LogP contribution is -2.42. The van der Waals surface area contributed by atoms with Crippen LogP contribution in [-0.4, -0.2) is 26.1 Å². The van der Waals surface area contributed by atoms with E-state index < -0.39 is 11.1 Å². The first kappa shape index (κ1) is 17.7. The van der Waals surface area contributed by atoms with Gasteiger partial charge in [-0.05, 0) is 31.0 Å². The zero-order chi connectivity index (χ0) is 19.8. The fourth-order valence-corrected chi connectivity index (χ4v) is 3.91. The highest BCUT2D eigenvalue weighted by Gasteiger charge is 2.19. The Kier molecular flexibility index (Phi) is 4.42. The van der Waals surface area contributed by atoms with Gasteiger partial charge in [-0.25, -0.2) is 0 Å². The highest BCUT2D eigenvalue weighted by molar-refractivity contribution is 5.61. The first-order valence-corrected chi connectivity index (χ1v) is 9.73. The SMILES string of the molecule is O=c1c(=O)n(C2CCCCC2)ccn1Cc1nc(-c2ccc3c(c2)OCO3)no1. The number of nitrogens with zero attached hydrogens (tertiary/aromatic N) is 4. The molecule has 0 bridgehead atoms. The molecule has 1 aromatic carbocycles. The summed E-state index contributed by atoms with van der Waals surface area (Å²) in [5.41, 5.74) is -0.375. The Hall–Kier alpha value is -3.36. The Balaban J connectivity index is 1.38. The van der Waals surface area contributed by atoms with Gasteiger partial charge in [-0.1, -0.05) is 24.4 Å². The molecule has 1 aliphatic carbocycles. The van der Waals surface area contributed by atoms with Gasteiger partial charge in [0.05, 0.1) is 0 Å². The molecule has 9 nitrogen and oxygen atoms in total. The highest BCUT2D eigenvalue weighted by atomic mass is 16.7. The predicted octanol–water partition coefficient (Wildman–Crippen LogP) is 2.34. The third kappa shape index (κ3) is 3.32. The van der Waals surface area contributed by atoms with E-state index in [1.165, 1.54) is 11.0 Å². The molecule has 5 rings (SSSR count). The minimum Gasteiger partial charge on any atom is -0.454 e. The summed E-state index contributed by atoms with van der Waals surface area (Å²) in [4.78, 5) is 29.4. The maximum absolute atomic E-state index is 12.6. The Bertz CT molecular complexity index is 1160. The summed E-state index contributed by atoms with van der Waals surface area (Å²) < 4.78 is 18.8. The third-order valence-corrected chi connectivity index (χ3v) is 5.46. The van der Waals surface area contributed by atoms with Crippen LogP contribution in [0.25, 0.3) is 11.4 Å². The molecule has 0 amide bonds. The quantitative estimate of drug-likeness (QED) is 0.624. The molecule has 2 aromatic heterocycles. The molecule has 9 heteroatoms. The largest absolute Gasteiger partial charge is 0.454 e. The van der Waals surface area contributed by atoms with E-state index in [1.807, 2.05) is 0 Å². The molecule has 0 radical (unpaired) electrons. The van der Waals surface area contributed by atoms with Crippen LogP contribution in [0.4, 0.5) is 0 Å². The van der Waals surface area contributed by atoms with E-state index in [-0.39, 0.29) is 25.3 Å². The summed E-state index contributed by atoms with van der Waals surface area (Å²) in [6.07, 6.45) is 8.54. The minimum atomic E-state index is -0.582. The topological polar surface area (TPSA) is 101 Å². The van der Waals surface area contributed by atoms with E-state index in [0.717, 1.165) is 25.7 Å². The number of fused-ring (bicyclic) bond motifs is 1. The second-order valence-corrected chi connectivity index (χ2v) is 7.32. The van der Waals surface area contributed by atoms with Gasteiger partial charge >= 0.3 is 11.1 Å². The molecule has 0 unspecified atom stereocenters.